The number of hydrogen-bond donors (Lipinski definition) is 2. The van der Waals surface area contributed by atoms with Crippen LogP contribution >= 0.6 is 11.6 Å². The van der Waals surface area contributed by atoms with Gasteiger partial charge in [0.25, 0.3) is 0 Å². The van der Waals surface area contributed by atoms with Crippen molar-refractivity contribution < 1.29 is 0 Å². The maximum Gasteiger partial charge on any atom is 0.0429 e. The smallest absolute Gasteiger partial charge is 0.0429 e. The summed E-state index contributed by atoms with van der Waals surface area (Å²) in [5, 5.41) is 4.05. The number of benzene rings is 1. The molecule has 0 aliphatic heterocycles. The average Bonchev–Trinajstić information content (AvgIpc) is 2.11. The molecule has 14 heavy (non-hydrogen) atoms. The van der Waals surface area contributed by atoms with Crippen LogP contribution in [0.25, 0.3) is 0 Å². The van der Waals surface area contributed by atoms with Crippen LogP contribution in [0.2, 0.25) is 5.02 Å². The Morgan fingerprint density at radius 2 is 2.14 bits per heavy atom. The summed E-state index contributed by atoms with van der Waals surface area (Å²) >= 11 is 5.88. The summed E-state index contributed by atoms with van der Waals surface area (Å²) in [6.45, 7) is 4.06. The van der Waals surface area contributed by atoms with E-state index in [0.717, 1.165) is 24.3 Å². The highest BCUT2D eigenvalue weighted by molar-refractivity contribution is 6.30. The van der Waals surface area contributed by atoms with Crippen LogP contribution in [0.5, 0.6) is 0 Å². The first kappa shape index (κ1) is 11.3. The van der Waals surface area contributed by atoms with Crippen molar-refractivity contribution in [2.75, 3.05) is 12.3 Å². The largest absolute Gasteiger partial charge is 0.399 e. The summed E-state index contributed by atoms with van der Waals surface area (Å²) in [6.07, 6.45) is 2.42. The van der Waals surface area contributed by atoms with Gasteiger partial charge >= 0.3 is 0 Å². The first-order valence-corrected chi connectivity index (χ1v) is 5.36. The van der Waals surface area contributed by atoms with Gasteiger partial charge in [-0.3, -0.25) is 0 Å². The van der Waals surface area contributed by atoms with Crippen LogP contribution in [0.1, 0.15) is 25.3 Å². The molecular formula is C11H17ClN2. The predicted molar refractivity (Wildman–Crippen MR) is 62.5 cm³/mol. The summed E-state index contributed by atoms with van der Waals surface area (Å²) < 4.78 is 0. The van der Waals surface area contributed by atoms with Gasteiger partial charge < -0.3 is 11.1 Å². The number of nitrogens with two attached hydrogens (primary N) is 1. The standard InChI is InChI=1S/C11H17ClN2/c1-2-3-4-14-8-9-5-10(12)7-11(13)6-9/h5-7,14H,2-4,8,13H2,1H3. The quantitative estimate of drug-likeness (QED) is 0.582. The Labute approximate surface area is 90.4 Å². The molecule has 0 unspecified atom stereocenters. The fourth-order valence-corrected chi connectivity index (χ4v) is 1.58. The molecule has 0 fully saturated rings. The lowest BCUT2D eigenvalue weighted by molar-refractivity contribution is 0.641. The van der Waals surface area contributed by atoms with E-state index in [1.54, 1.807) is 6.07 Å². The van der Waals surface area contributed by atoms with E-state index >= 15 is 0 Å². The first-order valence-electron chi connectivity index (χ1n) is 4.98. The van der Waals surface area contributed by atoms with Gasteiger partial charge in [-0.2, -0.15) is 0 Å². The molecule has 2 nitrogen and oxygen atoms in total. The molecule has 1 aromatic carbocycles. The van der Waals surface area contributed by atoms with Crippen LogP contribution in [-0.2, 0) is 6.54 Å². The summed E-state index contributed by atoms with van der Waals surface area (Å²) in [7, 11) is 0. The third kappa shape index (κ3) is 3.99. The average molecular weight is 213 g/mol. The number of nitrogens with one attached hydrogen (secondary N) is 1. The van der Waals surface area contributed by atoms with Gasteiger partial charge in [-0.05, 0) is 36.7 Å². The van der Waals surface area contributed by atoms with Crippen molar-refractivity contribution in [2.45, 2.75) is 26.3 Å². The molecule has 3 heteroatoms. The van der Waals surface area contributed by atoms with Gasteiger partial charge in [-0.15, -0.1) is 0 Å². The van der Waals surface area contributed by atoms with Crippen molar-refractivity contribution in [2.24, 2.45) is 0 Å². The summed E-state index contributed by atoms with van der Waals surface area (Å²) in [5.41, 5.74) is 7.55. The third-order valence-corrected chi connectivity index (χ3v) is 2.23. The minimum absolute atomic E-state index is 0.706. The van der Waals surface area contributed by atoms with Gasteiger partial charge in [0.05, 0.1) is 0 Å². The molecule has 0 saturated carbocycles. The van der Waals surface area contributed by atoms with Crippen molar-refractivity contribution in [3.63, 3.8) is 0 Å². The van der Waals surface area contributed by atoms with E-state index in [0.29, 0.717) is 5.02 Å². The van der Waals surface area contributed by atoms with E-state index < -0.39 is 0 Å². The van der Waals surface area contributed by atoms with E-state index in [2.05, 4.69) is 12.2 Å². The van der Waals surface area contributed by atoms with Gasteiger partial charge in [0.2, 0.25) is 0 Å². The minimum Gasteiger partial charge on any atom is -0.399 e. The van der Waals surface area contributed by atoms with Crippen molar-refractivity contribution in [3.8, 4) is 0 Å². The fraction of sp³-hybridized carbons (Fsp3) is 0.455. The highest BCUT2D eigenvalue weighted by atomic mass is 35.5. The second-order valence-electron chi connectivity index (χ2n) is 3.42. The zero-order valence-electron chi connectivity index (χ0n) is 8.52. The van der Waals surface area contributed by atoms with Crippen LogP contribution in [-0.4, -0.2) is 6.54 Å². The van der Waals surface area contributed by atoms with Crippen LogP contribution in [0.3, 0.4) is 0 Å². The lowest BCUT2D eigenvalue weighted by atomic mass is 10.2. The van der Waals surface area contributed by atoms with E-state index in [4.69, 9.17) is 17.3 Å². The fourth-order valence-electron chi connectivity index (χ4n) is 1.31. The zero-order chi connectivity index (χ0) is 10.4. The monoisotopic (exact) mass is 212 g/mol. The normalized spacial score (nSPS) is 10.4. The topological polar surface area (TPSA) is 38.0 Å². The van der Waals surface area contributed by atoms with E-state index in [1.165, 1.54) is 12.8 Å². The summed E-state index contributed by atoms with van der Waals surface area (Å²) in [4.78, 5) is 0. The maximum absolute atomic E-state index is 5.88. The van der Waals surface area contributed by atoms with Crippen LogP contribution in [0, 0.1) is 0 Å². The minimum atomic E-state index is 0.706. The molecule has 0 aromatic heterocycles. The van der Waals surface area contributed by atoms with E-state index in [1.807, 2.05) is 12.1 Å². The molecule has 1 aromatic rings. The Bertz CT molecular complexity index is 266. The number of unbranched alkanes of at least 4 members (excludes halogenated alkanes) is 1. The molecule has 0 saturated heterocycles. The number of anilines is 1. The number of halogens is 1. The second-order valence-corrected chi connectivity index (χ2v) is 3.86. The maximum atomic E-state index is 5.88. The number of rotatable bonds is 5. The molecule has 0 atom stereocenters. The molecule has 0 aliphatic rings. The Morgan fingerprint density at radius 1 is 1.36 bits per heavy atom. The highest BCUT2D eigenvalue weighted by Crippen LogP contribution is 2.16. The summed E-state index contributed by atoms with van der Waals surface area (Å²) in [6, 6.07) is 5.65. The van der Waals surface area contributed by atoms with Crippen LogP contribution in [0.4, 0.5) is 5.69 Å². The Hall–Kier alpha value is -0.730. The van der Waals surface area contributed by atoms with Crippen molar-refractivity contribution in [1.82, 2.24) is 5.32 Å². The molecule has 0 bridgehead atoms. The van der Waals surface area contributed by atoms with Crippen LogP contribution in [0.15, 0.2) is 18.2 Å². The lowest BCUT2D eigenvalue weighted by Gasteiger charge is -2.05. The van der Waals surface area contributed by atoms with Gasteiger partial charge in [0.1, 0.15) is 0 Å². The first-order chi connectivity index (χ1) is 6.72. The molecule has 0 spiro atoms. The second kappa shape index (κ2) is 5.89. The summed E-state index contributed by atoms with van der Waals surface area (Å²) in [5.74, 6) is 0. The molecule has 0 heterocycles. The van der Waals surface area contributed by atoms with Gasteiger partial charge in [0.15, 0.2) is 0 Å². The van der Waals surface area contributed by atoms with Crippen molar-refractivity contribution in [1.29, 1.82) is 0 Å². The van der Waals surface area contributed by atoms with Crippen molar-refractivity contribution >= 4 is 17.3 Å². The SMILES string of the molecule is CCCCNCc1cc(N)cc(Cl)c1. The predicted octanol–water partition coefficient (Wildman–Crippen LogP) is 2.81. The highest BCUT2D eigenvalue weighted by Gasteiger charge is 1.96. The molecular weight excluding hydrogens is 196 g/mol. The zero-order valence-corrected chi connectivity index (χ0v) is 9.27. The molecule has 1 rings (SSSR count). The Morgan fingerprint density at radius 3 is 2.79 bits per heavy atom. The van der Waals surface area contributed by atoms with Crippen LogP contribution < -0.4 is 11.1 Å². The van der Waals surface area contributed by atoms with Gasteiger partial charge in [-0.25, -0.2) is 0 Å². The molecule has 0 amide bonds. The number of nitrogen functional groups attached to an aromatic ring is 1. The molecule has 0 radical (unpaired) electrons. The molecule has 3 N–H and O–H groups in total. The van der Waals surface area contributed by atoms with Gasteiger partial charge in [-0.1, -0.05) is 24.9 Å². The lowest BCUT2D eigenvalue weighted by Crippen LogP contribution is -2.14. The molecule has 78 valence electrons. The van der Waals surface area contributed by atoms with E-state index in [-0.39, 0.29) is 0 Å². The van der Waals surface area contributed by atoms with Gasteiger partial charge in [0, 0.05) is 17.3 Å². The molecule has 0 aliphatic carbocycles. The van der Waals surface area contributed by atoms with E-state index in [9.17, 15) is 0 Å². The van der Waals surface area contributed by atoms with Crippen molar-refractivity contribution in [3.05, 3.63) is 28.8 Å². The Balaban J connectivity index is 2.42. The third-order valence-electron chi connectivity index (χ3n) is 2.02. The number of hydrogen-bond acceptors (Lipinski definition) is 2. The Kier molecular flexibility index (Phi) is 4.77.